The van der Waals surface area contributed by atoms with E-state index in [0.717, 1.165) is 35.9 Å². The van der Waals surface area contributed by atoms with Crippen LogP contribution in [0.3, 0.4) is 0 Å². The van der Waals surface area contributed by atoms with Crippen LogP contribution >= 0.6 is 24.0 Å². The quantitative estimate of drug-likeness (QED) is 0.947. The molecule has 0 radical (unpaired) electrons. The van der Waals surface area contributed by atoms with Crippen molar-refractivity contribution in [1.82, 2.24) is 20.3 Å². The molecule has 1 N–H and O–H groups in total. The topological polar surface area (TPSA) is 42.7 Å². The summed E-state index contributed by atoms with van der Waals surface area (Å²) in [5, 5.41) is 12.9. The molecule has 0 aliphatic carbocycles. The first-order chi connectivity index (χ1) is 8.81. The summed E-state index contributed by atoms with van der Waals surface area (Å²) < 4.78 is 0. The first-order valence-electron chi connectivity index (χ1n) is 6.18. The lowest BCUT2D eigenvalue weighted by Crippen LogP contribution is -2.16. The number of rotatable bonds is 3. The Hall–Kier alpha value is -1.10. The van der Waals surface area contributed by atoms with Gasteiger partial charge in [0.1, 0.15) is 5.69 Å². The lowest BCUT2D eigenvalue weighted by Gasteiger charge is -2.05. The predicted molar refractivity (Wildman–Crippen MR) is 78.7 cm³/mol. The maximum absolute atomic E-state index is 5.87. The molecule has 1 aromatic carbocycles. The minimum Gasteiger partial charge on any atom is -0.316 e. The Balaban J connectivity index is 0.00000133. The van der Waals surface area contributed by atoms with E-state index in [9.17, 15) is 0 Å². The van der Waals surface area contributed by atoms with Crippen molar-refractivity contribution in [2.24, 2.45) is 5.92 Å². The van der Waals surface area contributed by atoms with E-state index in [-0.39, 0.29) is 12.4 Å². The van der Waals surface area contributed by atoms with Crippen LogP contribution in [0.4, 0.5) is 0 Å². The highest BCUT2D eigenvalue weighted by Gasteiger charge is 2.16. The van der Waals surface area contributed by atoms with Gasteiger partial charge in [-0.25, -0.2) is 0 Å². The second-order valence-corrected chi connectivity index (χ2v) is 5.09. The van der Waals surface area contributed by atoms with Crippen molar-refractivity contribution in [2.45, 2.75) is 13.0 Å². The minimum absolute atomic E-state index is 0. The van der Waals surface area contributed by atoms with Crippen LogP contribution in [0.15, 0.2) is 30.5 Å². The maximum Gasteiger partial charge on any atom is 0.113 e. The van der Waals surface area contributed by atoms with Crippen molar-refractivity contribution in [3.63, 3.8) is 0 Å². The van der Waals surface area contributed by atoms with Crippen molar-refractivity contribution in [1.29, 1.82) is 0 Å². The summed E-state index contributed by atoms with van der Waals surface area (Å²) in [6.45, 7) is 3.06. The highest BCUT2D eigenvalue weighted by atomic mass is 35.5. The number of halogens is 2. The molecule has 2 heterocycles. The normalized spacial score (nSPS) is 18.3. The molecule has 6 heteroatoms. The van der Waals surface area contributed by atoms with Crippen molar-refractivity contribution < 1.29 is 0 Å². The summed E-state index contributed by atoms with van der Waals surface area (Å²) in [4.78, 5) is 1.79. The van der Waals surface area contributed by atoms with Gasteiger partial charge in [0.2, 0.25) is 0 Å². The van der Waals surface area contributed by atoms with Crippen LogP contribution in [-0.4, -0.2) is 28.1 Å². The van der Waals surface area contributed by atoms with Gasteiger partial charge in [0, 0.05) is 10.6 Å². The summed E-state index contributed by atoms with van der Waals surface area (Å²) in [6, 6.07) is 7.68. The van der Waals surface area contributed by atoms with Gasteiger partial charge in [-0.3, -0.25) is 0 Å². The zero-order valence-corrected chi connectivity index (χ0v) is 12.0. The van der Waals surface area contributed by atoms with Crippen LogP contribution in [0.5, 0.6) is 0 Å². The molecule has 1 aliphatic heterocycles. The van der Waals surface area contributed by atoms with Gasteiger partial charge in [-0.05, 0) is 37.6 Å². The SMILES string of the molecule is Cl.Clc1ccc(-c2cnn(CC3CCNC3)n2)cc1. The molecular weight excluding hydrogens is 283 g/mol. The molecule has 4 nitrogen and oxygen atoms in total. The average Bonchev–Trinajstić information content (AvgIpc) is 3.02. The van der Waals surface area contributed by atoms with Crippen molar-refractivity contribution in [3.05, 3.63) is 35.5 Å². The van der Waals surface area contributed by atoms with E-state index < -0.39 is 0 Å². The van der Waals surface area contributed by atoms with Gasteiger partial charge in [-0.1, -0.05) is 23.7 Å². The number of nitrogens with one attached hydrogen (secondary N) is 1. The van der Waals surface area contributed by atoms with E-state index in [4.69, 9.17) is 11.6 Å². The first-order valence-corrected chi connectivity index (χ1v) is 6.56. The van der Waals surface area contributed by atoms with E-state index in [1.165, 1.54) is 6.42 Å². The van der Waals surface area contributed by atoms with Gasteiger partial charge in [0.05, 0.1) is 12.7 Å². The molecule has 0 saturated carbocycles. The zero-order chi connectivity index (χ0) is 12.4. The molecular formula is C13H16Cl2N4. The monoisotopic (exact) mass is 298 g/mol. The molecule has 1 atom stereocenters. The highest BCUT2D eigenvalue weighted by Crippen LogP contribution is 2.19. The molecule has 0 bridgehead atoms. The van der Waals surface area contributed by atoms with Gasteiger partial charge >= 0.3 is 0 Å². The second-order valence-electron chi connectivity index (χ2n) is 4.65. The van der Waals surface area contributed by atoms with E-state index >= 15 is 0 Å². The fourth-order valence-corrected chi connectivity index (χ4v) is 2.37. The number of benzene rings is 1. The summed E-state index contributed by atoms with van der Waals surface area (Å²) in [5.41, 5.74) is 1.95. The third-order valence-electron chi connectivity index (χ3n) is 3.26. The molecule has 1 fully saturated rings. The molecule has 102 valence electrons. The van der Waals surface area contributed by atoms with Gasteiger partial charge in [0.15, 0.2) is 0 Å². The van der Waals surface area contributed by atoms with E-state index in [2.05, 4.69) is 15.5 Å². The molecule has 0 spiro atoms. The van der Waals surface area contributed by atoms with Crippen LogP contribution in [0.1, 0.15) is 6.42 Å². The van der Waals surface area contributed by atoms with Crippen LogP contribution < -0.4 is 5.32 Å². The Morgan fingerprint density at radius 1 is 1.32 bits per heavy atom. The van der Waals surface area contributed by atoms with Crippen molar-refractivity contribution in [2.75, 3.05) is 13.1 Å². The summed E-state index contributed by atoms with van der Waals surface area (Å²) >= 11 is 5.87. The number of hydrogen-bond donors (Lipinski definition) is 1. The van der Waals surface area contributed by atoms with Gasteiger partial charge < -0.3 is 5.32 Å². The second kappa shape index (κ2) is 6.37. The maximum atomic E-state index is 5.87. The Labute approximate surface area is 123 Å². The van der Waals surface area contributed by atoms with Crippen molar-refractivity contribution >= 4 is 24.0 Å². The Morgan fingerprint density at radius 2 is 2.11 bits per heavy atom. The number of nitrogens with zero attached hydrogens (tertiary/aromatic N) is 3. The molecule has 0 amide bonds. The van der Waals surface area contributed by atoms with E-state index in [0.29, 0.717) is 5.92 Å². The number of hydrogen-bond acceptors (Lipinski definition) is 3. The predicted octanol–water partition coefficient (Wildman–Crippen LogP) is 2.63. The summed E-state index contributed by atoms with van der Waals surface area (Å²) in [6.07, 6.45) is 3.02. The molecule has 1 unspecified atom stereocenters. The summed E-state index contributed by atoms with van der Waals surface area (Å²) in [5.74, 6) is 0.649. The summed E-state index contributed by atoms with van der Waals surface area (Å²) in [7, 11) is 0. The van der Waals surface area contributed by atoms with E-state index in [1.54, 1.807) is 4.80 Å². The lowest BCUT2D eigenvalue weighted by atomic mass is 10.1. The van der Waals surface area contributed by atoms with Gasteiger partial charge in [-0.2, -0.15) is 15.0 Å². The minimum atomic E-state index is 0. The molecule has 1 aromatic heterocycles. The molecule has 3 rings (SSSR count). The van der Waals surface area contributed by atoms with Gasteiger partial charge in [-0.15, -0.1) is 12.4 Å². The lowest BCUT2D eigenvalue weighted by molar-refractivity contribution is 0.412. The fraction of sp³-hybridized carbons (Fsp3) is 0.385. The fourth-order valence-electron chi connectivity index (χ4n) is 2.24. The van der Waals surface area contributed by atoms with Crippen LogP contribution in [0.25, 0.3) is 11.3 Å². The van der Waals surface area contributed by atoms with Crippen LogP contribution in [0, 0.1) is 5.92 Å². The molecule has 19 heavy (non-hydrogen) atoms. The third-order valence-corrected chi connectivity index (χ3v) is 3.51. The Bertz CT molecular complexity index is 518. The molecule has 1 aliphatic rings. The Kier molecular flexibility index (Phi) is 4.80. The Morgan fingerprint density at radius 3 is 2.79 bits per heavy atom. The zero-order valence-electron chi connectivity index (χ0n) is 10.4. The van der Waals surface area contributed by atoms with Crippen LogP contribution in [-0.2, 0) is 6.54 Å². The smallest absolute Gasteiger partial charge is 0.113 e. The van der Waals surface area contributed by atoms with E-state index in [1.807, 2.05) is 30.5 Å². The van der Waals surface area contributed by atoms with Crippen LogP contribution in [0.2, 0.25) is 5.02 Å². The number of aromatic nitrogens is 3. The largest absolute Gasteiger partial charge is 0.316 e. The standard InChI is InChI=1S/C13H15ClN4.ClH/c14-12-3-1-11(2-4-12)13-8-16-18(17-13)9-10-5-6-15-7-10;/h1-4,8,10,15H,5-7,9H2;1H. The highest BCUT2D eigenvalue weighted by molar-refractivity contribution is 6.30. The van der Waals surface area contributed by atoms with Crippen molar-refractivity contribution in [3.8, 4) is 11.3 Å². The molecule has 1 saturated heterocycles. The average molecular weight is 299 g/mol. The molecule has 2 aromatic rings. The third kappa shape index (κ3) is 3.47. The first kappa shape index (κ1) is 14.3. The van der Waals surface area contributed by atoms with Gasteiger partial charge in [0.25, 0.3) is 0 Å².